The quantitative estimate of drug-likeness (QED) is 0.795. The first-order valence-electron chi connectivity index (χ1n) is 6.54. The summed E-state index contributed by atoms with van der Waals surface area (Å²) < 4.78 is 5.74. The number of aliphatic carboxylic acids is 1. The molecular weight excluding hydrogens is 242 g/mol. The third kappa shape index (κ3) is 3.96. The Bertz CT molecular complexity index is 431. The van der Waals surface area contributed by atoms with Crippen LogP contribution < -0.4 is 10.1 Å². The minimum Gasteiger partial charge on any atom is -0.493 e. The van der Waals surface area contributed by atoms with Crippen molar-refractivity contribution in [3.8, 4) is 5.75 Å². The predicted octanol–water partition coefficient (Wildman–Crippen LogP) is 2.64. The number of hydrogen-bond donors (Lipinski definition) is 2. The standard InChI is InChI=1S/C15H23NO3/c1-11(2)12-7-5-6-8-13(12)19-10-9-15(3,16-4)14(17)18/h5-8,11,16H,9-10H2,1-4H3,(H,17,18). The number of carboxylic acid groups (broad SMARTS) is 1. The molecule has 0 saturated heterocycles. The molecule has 0 amide bonds. The first-order chi connectivity index (χ1) is 8.90. The second-order valence-corrected chi connectivity index (χ2v) is 5.18. The van der Waals surface area contributed by atoms with E-state index in [1.807, 2.05) is 24.3 Å². The second-order valence-electron chi connectivity index (χ2n) is 5.18. The van der Waals surface area contributed by atoms with E-state index < -0.39 is 11.5 Å². The molecule has 1 unspecified atom stereocenters. The fourth-order valence-corrected chi connectivity index (χ4v) is 1.79. The van der Waals surface area contributed by atoms with Gasteiger partial charge < -0.3 is 15.2 Å². The topological polar surface area (TPSA) is 58.6 Å². The molecule has 19 heavy (non-hydrogen) atoms. The molecule has 0 spiro atoms. The molecule has 1 aromatic rings. The maximum atomic E-state index is 11.2. The van der Waals surface area contributed by atoms with Crippen LogP contribution in [-0.4, -0.2) is 30.3 Å². The van der Waals surface area contributed by atoms with Crippen molar-refractivity contribution in [2.45, 2.75) is 38.6 Å². The highest BCUT2D eigenvalue weighted by molar-refractivity contribution is 5.78. The van der Waals surface area contributed by atoms with Crippen LogP contribution in [0, 0.1) is 0 Å². The first-order valence-corrected chi connectivity index (χ1v) is 6.54. The van der Waals surface area contributed by atoms with Gasteiger partial charge in [0.1, 0.15) is 11.3 Å². The summed E-state index contributed by atoms with van der Waals surface area (Å²) in [4.78, 5) is 11.2. The fraction of sp³-hybridized carbons (Fsp3) is 0.533. The lowest BCUT2D eigenvalue weighted by atomic mass is 9.99. The Morgan fingerprint density at radius 2 is 2.05 bits per heavy atom. The van der Waals surface area contributed by atoms with Crippen molar-refractivity contribution in [3.05, 3.63) is 29.8 Å². The van der Waals surface area contributed by atoms with Gasteiger partial charge in [-0.25, -0.2) is 0 Å². The number of rotatable bonds is 7. The SMILES string of the molecule is CNC(C)(CCOc1ccccc1C(C)C)C(=O)O. The summed E-state index contributed by atoms with van der Waals surface area (Å²) in [5.74, 6) is 0.350. The Hall–Kier alpha value is -1.55. The second kappa shape index (κ2) is 6.57. The molecule has 0 aromatic heterocycles. The third-order valence-electron chi connectivity index (χ3n) is 3.42. The lowest BCUT2D eigenvalue weighted by Crippen LogP contribution is -2.48. The molecule has 0 radical (unpaired) electrons. The average Bonchev–Trinajstić information content (AvgIpc) is 2.38. The number of likely N-dealkylation sites (N-methyl/N-ethyl adjacent to an activating group) is 1. The van der Waals surface area contributed by atoms with E-state index in [-0.39, 0.29) is 0 Å². The summed E-state index contributed by atoms with van der Waals surface area (Å²) >= 11 is 0. The van der Waals surface area contributed by atoms with Crippen LogP contribution in [0.3, 0.4) is 0 Å². The molecule has 1 aromatic carbocycles. The van der Waals surface area contributed by atoms with Crippen molar-refractivity contribution in [1.29, 1.82) is 0 Å². The zero-order chi connectivity index (χ0) is 14.5. The van der Waals surface area contributed by atoms with Crippen LogP contribution in [-0.2, 0) is 4.79 Å². The summed E-state index contributed by atoms with van der Waals surface area (Å²) in [5, 5.41) is 12.0. The molecule has 0 bridgehead atoms. The lowest BCUT2D eigenvalue weighted by molar-refractivity contribution is -0.144. The monoisotopic (exact) mass is 265 g/mol. The van der Waals surface area contributed by atoms with E-state index in [1.165, 1.54) is 0 Å². The molecule has 0 fully saturated rings. The van der Waals surface area contributed by atoms with Gasteiger partial charge in [-0.1, -0.05) is 32.0 Å². The molecule has 106 valence electrons. The van der Waals surface area contributed by atoms with Gasteiger partial charge in [-0.05, 0) is 31.5 Å². The van der Waals surface area contributed by atoms with Crippen LogP contribution in [0.2, 0.25) is 0 Å². The molecule has 2 N–H and O–H groups in total. The van der Waals surface area contributed by atoms with Gasteiger partial charge in [0.15, 0.2) is 0 Å². The number of carboxylic acids is 1. The molecule has 0 aliphatic carbocycles. The normalized spacial score (nSPS) is 14.2. The van der Waals surface area contributed by atoms with E-state index in [9.17, 15) is 4.79 Å². The third-order valence-corrected chi connectivity index (χ3v) is 3.42. The summed E-state index contributed by atoms with van der Waals surface area (Å²) in [5.41, 5.74) is 0.191. The van der Waals surface area contributed by atoms with Crippen LogP contribution in [0.1, 0.15) is 38.7 Å². The summed E-state index contributed by atoms with van der Waals surface area (Å²) in [7, 11) is 1.65. The van der Waals surface area contributed by atoms with Gasteiger partial charge in [-0.15, -0.1) is 0 Å². The maximum absolute atomic E-state index is 11.2. The van der Waals surface area contributed by atoms with Crippen LogP contribution in [0.5, 0.6) is 5.75 Å². The molecule has 1 atom stereocenters. The van der Waals surface area contributed by atoms with E-state index >= 15 is 0 Å². The first kappa shape index (κ1) is 15.5. The van der Waals surface area contributed by atoms with Crippen LogP contribution in [0.15, 0.2) is 24.3 Å². The number of carbonyl (C=O) groups is 1. The number of hydrogen-bond acceptors (Lipinski definition) is 3. The van der Waals surface area contributed by atoms with E-state index in [1.54, 1.807) is 14.0 Å². The molecule has 1 rings (SSSR count). The van der Waals surface area contributed by atoms with Gasteiger partial charge in [0.2, 0.25) is 0 Å². The zero-order valence-corrected chi connectivity index (χ0v) is 12.1. The van der Waals surface area contributed by atoms with Gasteiger partial charge >= 0.3 is 5.97 Å². The molecule has 0 aliphatic rings. The van der Waals surface area contributed by atoms with E-state index in [0.717, 1.165) is 11.3 Å². The number of benzene rings is 1. The molecule has 4 nitrogen and oxygen atoms in total. The van der Waals surface area contributed by atoms with Gasteiger partial charge in [-0.2, -0.15) is 0 Å². The van der Waals surface area contributed by atoms with Gasteiger partial charge in [0, 0.05) is 6.42 Å². The summed E-state index contributed by atoms with van der Waals surface area (Å²) in [6, 6.07) is 7.87. The summed E-state index contributed by atoms with van der Waals surface area (Å²) in [6.07, 6.45) is 0.408. The molecule has 4 heteroatoms. The number of ether oxygens (including phenoxy) is 1. The molecule has 0 aliphatic heterocycles. The van der Waals surface area contributed by atoms with Crippen LogP contribution in [0.25, 0.3) is 0 Å². The number of para-hydroxylation sites is 1. The van der Waals surface area contributed by atoms with Crippen molar-refractivity contribution in [2.24, 2.45) is 0 Å². The van der Waals surface area contributed by atoms with Crippen molar-refractivity contribution in [1.82, 2.24) is 5.32 Å². The van der Waals surface area contributed by atoms with Crippen molar-refractivity contribution in [3.63, 3.8) is 0 Å². The van der Waals surface area contributed by atoms with Crippen LogP contribution >= 0.6 is 0 Å². The van der Waals surface area contributed by atoms with E-state index in [4.69, 9.17) is 9.84 Å². The van der Waals surface area contributed by atoms with Gasteiger partial charge in [0.05, 0.1) is 6.61 Å². The van der Waals surface area contributed by atoms with E-state index in [0.29, 0.717) is 18.9 Å². The fourth-order valence-electron chi connectivity index (χ4n) is 1.79. The average molecular weight is 265 g/mol. The van der Waals surface area contributed by atoms with Gasteiger partial charge in [0.25, 0.3) is 0 Å². The zero-order valence-electron chi connectivity index (χ0n) is 12.1. The molecular formula is C15H23NO3. The van der Waals surface area contributed by atoms with E-state index in [2.05, 4.69) is 19.2 Å². The van der Waals surface area contributed by atoms with Crippen molar-refractivity contribution >= 4 is 5.97 Å². The molecule has 0 heterocycles. The maximum Gasteiger partial charge on any atom is 0.323 e. The van der Waals surface area contributed by atoms with Crippen LogP contribution in [0.4, 0.5) is 0 Å². The highest BCUT2D eigenvalue weighted by atomic mass is 16.5. The number of nitrogens with one attached hydrogen (secondary N) is 1. The Morgan fingerprint density at radius 1 is 1.42 bits per heavy atom. The van der Waals surface area contributed by atoms with Gasteiger partial charge in [-0.3, -0.25) is 4.79 Å². The smallest absolute Gasteiger partial charge is 0.323 e. The van der Waals surface area contributed by atoms with Crippen molar-refractivity contribution < 1.29 is 14.6 Å². The van der Waals surface area contributed by atoms with Crippen molar-refractivity contribution in [2.75, 3.05) is 13.7 Å². The molecule has 0 saturated carbocycles. The minimum atomic E-state index is -0.952. The largest absolute Gasteiger partial charge is 0.493 e. The summed E-state index contributed by atoms with van der Waals surface area (Å²) in [6.45, 7) is 6.24. The Morgan fingerprint density at radius 3 is 2.58 bits per heavy atom. The predicted molar refractivity (Wildman–Crippen MR) is 75.7 cm³/mol. The lowest BCUT2D eigenvalue weighted by Gasteiger charge is -2.24. The Balaban J connectivity index is 2.66. The Labute approximate surface area is 114 Å². The Kier molecular flexibility index (Phi) is 5.36. The highest BCUT2D eigenvalue weighted by Crippen LogP contribution is 2.26. The highest BCUT2D eigenvalue weighted by Gasteiger charge is 2.30. The minimum absolute atomic E-state index is 0.368.